The first kappa shape index (κ1) is 9.93. The third kappa shape index (κ3) is 2.25. The van der Waals surface area contributed by atoms with Gasteiger partial charge in [0.1, 0.15) is 0 Å². The molecule has 0 bridgehead atoms. The van der Waals surface area contributed by atoms with Crippen LogP contribution in [0, 0.1) is 0 Å². The van der Waals surface area contributed by atoms with Crippen molar-refractivity contribution in [3.63, 3.8) is 0 Å². The molecule has 2 N–H and O–H groups in total. The summed E-state index contributed by atoms with van der Waals surface area (Å²) in [6.07, 6.45) is 5.88. The number of cyclic esters (lactones) is 1. The molecule has 1 saturated carbocycles. The zero-order chi connectivity index (χ0) is 9.97. The summed E-state index contributed by atoms with van der Waals surface area (Å²) in [4.78, 5) is 10.9. The van der Waals surface area contributed by atoms with Crippen molar-refractivity contribution in [2.45, 2.75) is 57.0 Å². The Balaban J connectivity index is 1.81. The monoisotopic (exact) mass is 199 g/mol. The van der Waals surface area contributed by atoms with Crippen LogP contribution in [0.1, 0.15) is 38.5 Å². The maximum absolute atomic E-state index is 10.9. The summed E-state index contributed by atoms with van der Waals surface area (Å²) >= 11 is 0. The van der Waals surface area contributed by atoms with E-state index in [1.54, 1.807) is 0 Å². The number of carbonyl (C=O) groups excluding carboxylic acids is 1. The molecule has 2 unspecified atom stereocenters. The average molecular weight is 199 g/mol. The van der Waals surface area contributed by atoms with Gasteiger partial charge >= 0.3 is 5.97 Å². The van der Waals surface area contributed by atoms with E-state index >= 15 is 0 Å². The van der Waals surface area contributed by atoms with E-state index in [0.717, 1.165) is 12.8 Å². The van der Waals surface area contributed by atoms with Crippen LogP contribution >= 0.6 is 0 Å². The first-order chi connectivity index (χ1) is 6.75. The molecule has 2 fully saturated rings. The lowest BCUT2D eigenvalue weighted by Gasteiger charge is -2.26. The Hall–Kier alpha value is -0.610. The molecule has 2 aliphatic rings. The van der Waals surface area contributed by atoms with Gasteiger partial charge in [-0.05, 0) is 12.8 Å². The second-order valence-electron chi connectivity index (χ2n) is 4.12. The molecule has 1 aliphatic heterocycles. The lowest BCUT2D eigenvalue weighted by molar-refractivity contribution is -0.177. The van der Waals surface area contributed by atoms with Gasteiger partial charge in [0.25, 0.3) is 0 Å². The van der Waals surface area contributed by atoms with Crippen LogP contribution in [-0.2, 0) is 14.3 Å². The highest BCUT2D eigenvalue weighted by Gasteiger charge is 2.34. The Kier molecular flexibility index (Phi) is 3.03. The van der Waals surface area contributed by atoms with Gasteiger partial charge < -0.3 is 15.2 Å². The van der Waals surface area contributed by atoms with E-state index in [1.165, 1.54) is 19.3 Å². The van der Waals surface area contributed by atoms with Gasteiger partial charge in [0.05, 0.1) is 18.6 Å². The van der Waals surface area contributed by atoms with Gasteiger partial charge in [0.2, 0.25) is 6.29 Å². The summed E-state index contributed by atoms with van der Waals surface area (Å²) in [7, 11) is 0. The van der Waals surface area contributed by atoms with E-state index in [9.17, 15) is 4.79 Å². The van der Waals surface area contributed by atoms with E-state index in [4.69, 9.17) is 15.2 Å². The fraction of sp³-hybridized carbons (Fsp3) is 0.900. The SMILES string of the molecule is NC1CC(=O)OC1OC1CCCCC1. The van der Waals surface area contributed by atoms with Gasteiger partial charge in [-0.25, -0.2) is 0 Å². The van der Waals surface area contributed by atoms with Crippen LogP contribution in [-0.4, -0.2) is 24.4 Å². The quantitative estimate of drug-likeness (QED) is 0.672. The van der Waals surface area contributed by atoms with Crippen LogP contribution in [0.15, 0.2) is 0 Å². The lowest BCUT2D eigenvalue weighted by Crippen LogP contribution is -2.36. The van der Waals surface area contributed by atoms with Crippen LogP contribution in [0.4, 0.5) is 0 Å². The zero-order valence-corrected chi connectivity index (χ0v) is 8.28. The largest absolute Gasteiger partial charge is 0.434 e. The van der Waals surface area contributed by atoms with Crippen LogP contribution in [0.3, 0.4) is 0 Å². The van der Waals surface area contributed by atoms with Gasteiger partial charge in [-0.15, -0.1) is 0 Å². The molecule has 80 valence electrons. The predicted octanol–water partition coefficient (Wildman–Crippen LogP) is 0.936. The van der Waals surface area contributed by atoms with Crippen molar-refractivity contribution in [2.24, 2.45) is 5.73 Å². The van der Waals surface area contributed by atoms with Gasteiger partial charge in [0, 0.05) is 0 Å². The average Bonchev–Trinajstić information content (AvgIpc) is 2.47. The summed E-state index contributed by atoms with van der Waals surface area (Å²) < 4.78 is 10.7. The molecule has 0 amide bonds. The standard InChI is InChI=1S/C10H17NO3/c11-8-6-9(12)14-10(8)13-7-4-2-1-3-5-7/h7-8,10H,1-6,11H2. The molecular weight excluding hydrogens is 182 g/mol. The molecular formula is C10H17NO3. The summed E-state index contributed by atoms with van der Waals surface area (Å²) in [6.45, 7) is 0. The van der Waals surface area contributed by atoms with Gasteiger partial charge in [0.15, 0.2) is 0 Å². The molecule has 4 heteroatoms. The number of hydrogen-bond donors (Lipinski definition) is 1. The molecule has 0 aromatic heterocycles. The fourth-order valence-corrected chi connectivity index (χ4v) is 2.07. The molecule has 4 nitrogen and oxygen atoms in total. The smallest absolute Gasteiger partial charge is 0.309 e. The van der Waals surface area contributed by atoms with Crippen molar-refractivity contribution in [1.82, 2.24) is 0 Å². The minimum atomic E-state index is -0.495. The van der Waals surface area contributed by atoms with Crippen molar-refractivity contribution >= 4 is 5.97 Å². The first-order valence-electron chi connectivity index (χ1n) is 5.36. The molecule has 0 spiro atoms. The predicted molar refractivity (Wildman–Crippen MR) is 50.4 cm³/mol. The third-order valence-electron chi connectivity index (χ3n) is 2.88. The van der Waals surface area contributed by atoms with Gasteiger partial charge in [-0.3, -0.25) is 4.79 Å². The normalized spacial score (nSPS) is 34.5. The van der Waals surface area contributed by atoms with Crippen LogP contribution in [0.25, 0.3) is 0 Å². The molecule has 1 heterocycles. The Bertz CT molecular complexity index is 213. The summed E-state index contributed by atoms with van der Waals surface area (Å²) in [5.41, 5.74) is 5.72. The van der Waals surface area contributed by atoms with E-state index < -0.39 is 6.29 Å². The topological polar surface area (TPSA) is 61.6 Å². The molecule has 0 aromatic carbocycles. The highest BCUT2D eigenvalue weighted by Crippen LogP contribution is 2.24. The minimum Gasteiger partial charge on any atom is -0.434 e. The number of rotatable bonds is 2. The van der Waals surface area contributed by atoms with E-state index in [0.29, 0.717) is 0 Å². The molecule has 2 rings (SSSR count). The summed E-state index contributed by atoms with van der Waals surface area (Å²) in [5.74, 6) is -0.238. The number of nitrogens with two attached hydrogens (primary N) is 1. The molecule has 1 aliphatic carbocycles. The van der Waals surface area contributed by atoms with Crippen molar-refractivity contribution in [1.29, 1.82) is 0 Å². The summed E-state index contributed by atoms with van der Waals surface area (Å²) in [6, 6.07) is -0.274. The van der Waals surface area contributed by atoms with Crippen LogP contribution < -0.4 is 5.73 Å². The van der Waals surface area contributed by atoms with Crippen LogP contribution in [0.5, 0.6) is 0 Å². The second kappa shape index (κ2) is 4.28. The highest BCUT2D eigenvalue weighted by molar-refractivity contribution is 5.72. The maximum Gasteiger partial charge on any atom is 0.309 e. The molecule has 14 heavy (non-hydrogen) atoms. The van der Waals surface area contributed by atoms with Gasteiger partial charge in [-0.1, -0.05) is 19.3 Å². The summed E-state index contributed by atoms with van der Waals surface area (Å²) in [5, 5.41) is 0. The number of esters is 1. The van der Waals surface area contributed by atoms with E-state index in [2.05, 4.69) is 0 Å². The first-order valence-corrected chi connectivity index (χ1v) is 5.36. The number of carbonyl (C=O) groups is 1. The molecule has 1 saturated heterocycles. The Labute approximate surface area is 83.7 Å². The molecule has 2 atom stereocenters. The number of ether oxygens (including phenoxy) is 2. The van der Waals surface area contributed by atoms with Crippen molar-refractivity contribution < 1.29 is 14.3 Å². The molecule has 0 aromatic rings. The Morgan fingerprint density at radius 3 is 2.57 bits per heavy atom. The van der Waals surface area contributed by atoms with Crippen molar-refractivity contribution in [3.8, 4) is 0 Å². The van der Waals surface area contributed by atoms with E-state index in [-0.39, 0.29) is 24.5 Å². The lowest BCUT2D eigenvalue weighted by atomic mass is 9.98. The third-order valence-corrected chi connectivity index (χ3v) is 2.88. The highest BCUT2D eigenvalue weighted by atomic mass is 16.7. The zero-order valence-electron chi connectivity index (χ0n) is 8.28. The van der Waals surface area contributed by atoms with Crippen molar-refractivity contribution in [2.75, 3.05) is 0 Å². The maximum atomic E-state index is 10.9. The van der Waals surface area contributed by atoms with Crippen molar-refractivity contribution in [3.05, 3.63) is 0 Å². The van der Waals surface area contributed by atoms with Crippen LogP contribution in [0.2, 0.25) is 0 Å². The minimum absolute atomic E-state index is 0.238. The molecule has 0 radical (unpaired) electrons. The Morgan fingerprint density at radius 1 is 1.29 bits per heavy atom. The fourth-order valence-electron chi connectivity index (χ4n) is 2.07. The van der Waals surface area contributed by atoms with Gasteiger partial charge in [-0.2, -0.15) is 0 Å². The Morgan fingerprint density at radius 2 is 2.00 bits per heavy atom. The second-order valence-corrected chi connectivity index (χ2v) is 4.12. The number of hydrogen-bond acceptors (Lipinski definition) is 4. The van der Waals surface area contributed by atoms with E-state index in [1.807, 2.05) is 0 Å².